The van der Waals surface area contributed by atoms with E-state index < -0.39 is 5.97 Å². The van der Waals surface area contributed by atoms with E-state index in [4.69, 9.17) is 5.11 Å². The SMILES string of the molecule is C[C@H](CCC(=O)O)[C@H]1CC[C@H]2[C@@H]3CC[C@H]4C[C@@H](O)CC[C@]4(C)[C@H]3CC(=O)[C@]12C. The zero-order valence-electron chi connectivity index (χ0n) is 17.8. The molecule has 0 heterocycles. The van der Waals surface area contributed by atoms with Crippen LogP contribution in [0.15, 0.2) is 0 Å². The Hall–Kier alpha value is -0.900. The number of hydrogen-bond acceptors (Lipinski definition) is 3. The Morgan fingerprint density at radius 3 is 2.61 bits per heavy atom. The summed E-state index contributed by atoms with van der Waals surface area (Å²) in [5, 5.41) is 19.3. The fourth-order valence-corrected chi connectivity index (χ4v) is 8.44. The van der Waals surface area contributed by atoms with Crippen molar-refractivity contribution in [3.63, 3.8) is 0 Å². The molecule has 0 unspecified atom stereocenters. The molecule has 0 aromatic carbocycles. The smallest absolute Gasteiger partial charge is 0.303 e. The Labute approximate surface area is 169 Å². The van der Waals surface area contributed by atoms with Crippen LogP contribution in [0.3, 0.4) is 0 Å². The molecule has 28 heavy (non-hydrogen) atoms. The third-order valence-electron chi connectivity index (χ3n) is 10.1. The predicted octanol–water partition coefficient (Wildman–Crippen LogP) is 4.69. The van der Waals surface area contributed by atoms with Crippen molar-refractivity contribution >= 4 is 11.8 Å². The van der Waals surface area contributed by atoms with Gasteiger partial charge in [-0.2, -0.15) is 0 Å². The topological polar surface area (TPSA) is 74.6 Å². The molecule has 0 aromatic rings. The van der Waals surface area contributed by atoms with Crippen molar-refractivity contribution in [3.8, 4) is 0 Å². The summed E-state index contributed by atoms with van der Waals surface area (Å²) in [6.07, 6.45) is 8.96. The van der Waals surface area contributed by atoms with Crippen LogP contribution in [0.4, 0.5) is 0 Å². The molecule has 2 N–H and O–H groups in total. The predicted molar refractivity (Wildman–Crippen MR) is 108 cm³/mol. The van der Waals surface area contributed by atoms with E-state index in [1.54, 1.807) is 0 Å². The zero-order valence-corrected chi connectivity index (χ0v) is 17.8. The van der Waals surface area contributed by atoms with Gasteiger partial charge in [-0.3, -0.25) is 9.59 Å². The second kappa shape index (κ2) is 7.11. The van der Waals surface area contributed by atoms with Crippen LogP contribution in [0.1, 0.15) is 85.0 Å². The first-order valence-corrected chi connectivity index (χ1v) is 11.6. The highest BCUT2D eigenvalue weighted by Gasteiger charge is 2.63. The van der Waals surface area contributed by atoms with Crippen molar-refractivity contribution in [1.29, 1.82) is 0 Å². The number of aliphatic hydroxyl groups is 1. The average molecular weight is 391 g/mol. The molecule has 0 aliphatic heterocycles. The summed E-state index contributed by atoms with van der Waals surface area (Å²) in [6, 6.07) is 0. The van der Waals surface area contributed by atoms with E-state index in [0.717, 1.165) is 32.1 Å². The highest BCUT2D eigenvalue weighted by molar-refractivity contribution is 5.87. The molecule has 4 fully saturated rings. The first-order valence-electron chi connectivity index (χ1n) is 11.6. The third kappa shape index (κ3) is 2.97. The standard InChI is InChI=1S/C24H38O4/c1-14(4-9-22(27)28)18-7-8-19-17-6-5-15-12-16(25)10-11-23(15,2)20(17)13-21(26)24(18,19)3/h14-20,25H,4-13H2,1-3H3,(H,27,28)/t14-,15+,16+,17+,18-,19+,20+,23+,24-/m1/s1. The van der Waals surface area contributed by atoms with Crippen molar-refractivity contribution in [2.75, 3.05) is 0 Å². The van der Waals surface area contributed by atoms with Crippen molar-refractivity contribution in [3.05, 3.63) is 0 Å². The highest BCUT2D eigenvalue weighted by atomic mass is 16.4. The van der Waals surface area contributed by atoms with Gasteiger partial charge in [0, 0.05) is 18.3 Å². The van der Waals surface area contributed by atoms with Gasteiger partial charge in [0.2, 0.25) is 0 Å². The second-order valence-corrected chi connectivity index (χ2v) is 11.1. The molecule has 0 radical (unpaired) electrons. The van der Waals surface area contributed by atoms with Crippen LogP contribution < -0.4 is 0 Å². The molecule has 0 aromatic heterocycles. The van der Waals surface area contributed by atoms with Gasteiger partial charge in [0.25, 0.3) is 0 Å². The summed E-state index contributed by atoms with van der Waals surface area (Å²) in [7, 11) is 0. The molecule has 9 atom stereocenters. The molecular weight excluding hydrogens is 352 g/mol. The Morgan fingerprint density at radius 2 is 1.89 bits per heavy atom. The number of fused-ring (bicyclic) bond motifs is 5. The Morgan fingerprint density at radius 1 is 1.14 bits per heavy atom. The van der Waals surface area contributed by atoms with E-state index in [1.165, 1.54) is 12.8 Å². The molecule has 4 rings (SSSR count). The number of carboxylic acid groups (broad SMARTS) is 1. The number of carbonyl (C=O) groups excluding carboxylic acids is 1. The maximum Gasteiger partial charge on any atom is 0.303 e. The largest absolute Gasteiger partial charge is 0.481 e. The van der Waals surface area contributed by atoms with Crippen molar-refractivity contribution in [2.45, 2.75) is 91.1 Å². The van der Waals surface area contributed by atoms with Crippen LogP contribution in [0.25, 0.3) is 0 Å². The van der Waals surface area contributed by atoms with Gasteiger partial charge < -0.3 is 10.2 Å². The van der Waals surface area contributed by atoms with E-state index >= 15 is 0 Å². The first kappa shape index (κ1) is 20.4. The van der Waals surface area contributed by atoms with Crippen molar-refractivity contribution < 1.29 is 19.8 Å². The first-order chi connectivity index (χ1) is 13.2. The summed E-state index contributed by atoms with van der Waals surface area (Å²) >= 11 is 0. The monoisotopic (exact) mass is 390 g/mol. The fourth-order valence-electron chi connectivity index (χ4n) is 8.44. The van der Waals surface area contributed by atoms with Crippen LogP contribution in [0.2, 0.25) is 0 Å². The van der Waals surface area contributed by atoms with Gasteiger partial charge in [0.1, 0.15) is 5.78 Å². The van der Waals surface area contributed by atoms with E-state index in [-0.39, 0.29) is 23.4 Å². The Kier molecular flexibility index (Phi) is 5.17. The molecule has 0 amide bonds. The Bertz CT molecular complexity index is 645. The van der Waals surface area contributed by atoms with Gasteiger partial charge in [-0.1, -0.05) is 20.8 Å². The highest BCUT2D eigenvalue weighted by Crippen LogP contribution is 2.67. The quantitative estimate of drug-likeness (QED) is 0.730. The molecular formula is C24H38O4. The molecule has 4 heteroatoms. The van der Waals surface area contributed by atoms with Crippen LogP contribution in [0, 0.1) is 46.3 Å². The van der Waals surface area contributed by atoms with Gasteiger partial charge in [-0.25, -0.2) is 0 Å². The van der Waals surface area contributed by atoms with Gasteiger partial charge in [-0.15, -0.1) is 0 Å². The lowest BCUT2D eigenvalue weighted by atomic mass is 9.44. The lowest BCUT2D eigenvalue weighted by Gasteiger charge is -2.60. The molecule has 4 nitrogen and oxygen atoms in total. The second-order valence-electron chi connectivity index (χ2n) is 11.1. The fraction of sp³-hybridized carbons (Fsp3) is 0.917. The summed E-state index contributed by atoms with van der Waals surface area (Å²) < 4.78 is 0. The van der Waals surface area contributed by atoms with Crippen LogP contribution in [-0.4, -0.2) is 28.1 Å². The molecule has 0 saturated heterocycles. The summed E-state index contributed by atoms with van der Waals surface area (Å²) in [5.41, 5.74) is -0.0391. The Balaban J connectivity index is 1.57. The van der Waals surface area contributed by atoms with Crippen LogP contribution in [0.5, 0.6) is 0 Å². The average Bonchev–Trinajstić information content (AvgIpc) is 3.00. The number of aliphatic hydroxyl groups excluding tert-OH is 1. The van der Waals surface area contributed by atoms with E-state index in [1.807, 2.05) is 0 Å². The maximum absolute atomic E-state index is 13.6. The van der Waals surface area contributed by atoms with Gasteiger partial charge in [-0.05, 0) is 92.3 Å². The number of ketones is 1. The van der Waals surface area contributed by atoms with Gasteiger partial charge >= 0.3 is 5.97 Å². The van der Waals surface area contributed by atoms with Crippen molar-refractivity contribution in [1.82, 2.24) is 0 Å². The van der Waals surface area contributed by atoms with Crippen molar-refractivity contribution in [2.24, 2.45) is 46.3 Å². The molecule has 4 saturated carbocycles. The van der Waals surface area contributed by atoms with E-state index in [0.29, 0.717) is 54.1 Å². The number of hydrogen-bond donors (Lipinski definition) is 2. The van der Waals surface area contributed by atoms with Crippen LogP contribution in [-0.2, 0) is 9.59 Å². The molecule has 0 spiro atoms. The summed E-state index contributed by atoms with van der Waals surface area (Å²) in [4.78, 5) is 24.7. The molecule has 158 valence electrons. The van der Waals surface area contributed by atoms with Gasteiger partial charge in [0.15, 0.2) is 0 Å². The number of carboxylic acids is 1. The zero-order chi connectivity index (χ0) is 20.3. The molecule has 0 bridgehead atoms. The summed E-state index contributed by atoms with van der Waals surface area (Å²) in [5.74, 6) is 2.52. The number of rotatable bonds is 4. The number of carbonyl (C=O) groups is 2. The molecule has 4 aliphatic carbocycles. The van der Waals surface area contributed by atoms with E-state index in [9.17, 15) is 14.7 Å². The third-order valence-corrected chi connectivity index (χ3v) is 10.1. The lowest BCUT2D eigenvalue weighted by molar-refractivity contribution is -0.160. The van der Waals surface area contributed by atoms with Gasteiger partial charge in [0.05, 0.1) is 6.10 Å². The molecule has 4 aliphatic rings. The minimum atomic E-state index is -0.729. The lowest BCUT2D eigenvalue weighted by Crippen LogP contribution is -2.57. The number of Topliss-reactive ketones (excluding diaryl/α,β-unsaturated/α-hetero) is 1. The normalized spacial score (nSPS) is 49.1. The number of aliphatic carboxylic acids is 1. The van der Waals surface area contributed by atoms with E-state index in [2.05, 4.69) is 20.8 Å². The maximum atomic E-state index is 13.6. The minimum absolute atomic E-state index is 0.148. The van der Waals surface area contributed by atoms with Crippen LogP contribution >= 0.6 is 0 Å². The minimum Gasteiger partial charge on any atom is -0.481 e. The summed E-state index contributed by atoms with van der Waals surface area (Å²) in [6.45, 7) is 6.81.